The molecule has 1 aliphatic rings. The normalized spacial score (nSPS) is 18.2. The predicted octanol–water partition coefficient (Wildman–Crippen LogP) is 2.01. The Kier molecular flexibility index (Phi) is 4.00. The van der Waals surface area contributed by atoms with E-state index in [1.165, 1.54) is 11.8 Å². The second kappa shape index (κ2) is 6.45. The van der Waals surface area contributed by atoms with Crippen molar-refractivity contribution in [3.63, 3.8) is 0 Å². The van der Waals surface area contributed by atoms with Crippen LogP contribution in [0.25, 0.3) is 10.9 Å². The molecule has 1 unspecified atom stereocenters. The molecule has 0 N–H and O–H groups in total. The SMILES string of the molecule is O=C(CCn1ccc2ccccc21)N1CCOCC1c1ncon1. The Balaban J connectivity index is 1.47. The molecule has 124 valence electrons. The fraction of sp³-hybridized carbons (Fsp3) is 0.353. The van der Waals surface area contributed by atoms with Crippen molar-refractivity contribution in [2.75, 3.05) is 19.8 Å². The Morgan fingerprint density at radius 3 is 3.08 bits per heavy atom. The topological polar surface area (TPSA) is 73.4 Å². The molecular weight excluding hydrogens is 308 g/mol. The number of nitrogens with zero attached hydrogens (tertiary/aromatic N) is 4. The Labute approximate surface area is 138 Å². The number of benzene rings is 1. The largest absolute Gasteiger partial charge is 0.377 e. The van der Waals surface area contributed by atoms with Crippen molar-refractivity contribution in [3.05, 3.63) is 48.7 Å². The van der Waals surface area contributed by atoms with Gasteiger partial charge in [-0.15, -0.1) is 0 Å². The molecule has 1 fully saturated rings. The third-order valence-electron chi connectivity index (χ3n) is 4.37. The highest BCUT2D eigenvalue weighted by atomic mass is 16.5. The summed E-state index contributed by atoms with van der Waals surface area (Å²) in [5.41, 5.74) is 1.14. The van der Waals surface area contributed by atoms with Gasteiger partial charge in [-0.25, -0.2) is 0 Å². The van der Waals surface area contributed by atoms with Gasteiger partial charge in [-0.3, -0.25) is 4.79 Å². The fourth-order valence-electron chi connectivity index (χ4n) is 3.14. The first-order valence-electron chi connectivity index (χ1n) is 8.00. The molecule has 0 bridgehead atoms. The highest BCUT2D eigenvalue weighted by molar-refractivity contribution is 5.80. The number of aryl methyl sites for hydroxylation is 1. The van der Waals surface area contributed by atoms with Crippen molar-refractivity contribution < 1.29 is 14.1 Å². The third-order valence-corrected chi connectivity index (χ3v) is 4.37. The molecule has 0 aliphatic carbocycles. The minimum atomic E-state index is -0.272. The molecule has 1 atom stereocenters. The summed E-state index contributed by atoms with van der Waals surface area (Å²) >= 11 is 0. The van der Waals surface area contributed by atoms with Crippen LogP contribution >= 0.6 is 0 Å². The first-order chi connectivity index (χ1) is 11.8. The summed E-state index contributed by atoms with van der Waals surface area (Å²) in [6, 6.07) is 9.96. The summed E-state index contributed by atoms with van der Waals surface area (Å²) < 4.78 is 12.4. The lowest BCUT2D eigenvalue weighted by Crippen LogP contribution is -2.44. The lowest BCUT2D eigenvalue weighted by atomic mass is 10.2. The minimum Gasteiger partial charge on any atom is -0.377 e. The van der Waals surface area contributed by atoms with Crippen LogP contribution in [0.3, 0.4) is 0 Å². The highest BCUT2D eigenvalue weighted by Crippen LogP contribution is 2.22. The molecule has 3 heterocycles. The van der Waals surface area contributed by atoms with Crippen molar-refractivity contribution in [1.82, 2.24) is 19.6 Å². The number of morpholine rings is 1. The molecule has 24 heavy (non-hydrogen) atoms. The zero-order chi connectivity index (χ0) is 16.4. The van der Waals surface area contributed by atoms with Gasteiger partial charge in [-0.2, -0.15) is 4.98 Å². The quantitative estimate of drug-likeness (QED) is 0.733. The number of carbonyl (C=O) groups excluding carboxylic acids is 1. The Hall–Kier alpha value is -2.67. The number of ether oxygens (including phenoxy) is 1. The summed E-state index contributed by atoms with van der Waals surface area (Å²) in [5.74, 6) is 0.570. The Morgan fingerprint density at radius 2 is 2.21 bits per heavy atom. The average molecular weight is 326 g/mol. The van der Waals surface area contributed by atoms with Crippen LogP contribution in [0.4, 0.5) is 0 Å². The van der Waals surface area contributed by atoms with Gasteiger partial charge < -0.3 is 18.7 Å². The fourth-order valence-corrected chi connectivity index (χ4v) is 3.14. The first-order valence-corrected chi connectivity index (χ1v) is 8.00. The molecule has 0 spiro atoms. The standard InChI is InChI=1S/C17H18N4O3/c22-16(6-8-20-7-5-13-3-1-2-4-14(13)20)21-9-10-23-11-15(21)17-18-12-24-19-17/h1-5,7,12,15H,6,8-11H2. The van der Waals surface area contributed by atoms with E-state index in [9.17, 15) is 4.79 Å². The van der Waals surface area contributed by atoms with Gasteiger partial charge in [0.25, 0.3) is 0 Å². The molecule has 1 aromatic carbocycles. The summed E-state index contributed by atoms with van der Waals surface area (Å²) in [4.78, 5) is 18.6. The molecule has 4 rings (SSSR count). The van der Waals surface area contributed by atoms with Crippen molar-refractivity contribution >= 4 is 16.8 Å². The van der Waals surface area contributed by atoms with Gasteiger partial charge in [0.05, 0.1) is 13.2 Å². The Morgan fingerprint density at radius 1 is 1.29 bits per heavy atom. The molecule has 2 aromatic heterocycles. The van der Waals surface area contributed by atoms with E-state index in [1.807, 2.05) is 18.3 Å². The maximum Gasteiger partial charge on any atom is 0.225 e. The van der Waals surface area contributed by atoms with Crippen LogP contribution in [0.2, 0.25) is 0 Å². The molecule has 0 radical (unpaired) electrons. The number of carbonyl (C=O) groups is 1. The van der Waals surface area contributed by atoms with Gasteiger partial charge in [0.2, 0.25) is 12.3 Å². The molecule has 7 nitrogen and oxygen atoms in total. The molecule has 1 aliphatic heterocycles. The van der Waals surface area contributed by atoms with Crippen LogP contribution in [-0.2, 0) is 16.1 Å². The van der Waals surface area contributed by atoms with E-state index in [0.717, 1.165) is 5.52 Å². The third kappa shape index (κ3) is 2.78. The van der Waals surface area contributed by atoms with Gasteiger partial charge in [0.15, 0.2) is 5.82 Å². The summed E-state index contributed by atoms with van der Waals surface area (Å²) in [6.07, 6.45) is 3.72. The van der Waals surface area contributed by atoms with Crippen molar-refractivity contribution in [2.45, 2.75) is 19.0 Å². The van der Waals surface area contributed by atoms with Crippen LogP contribution < -0.4 is 0 Å². The number of hydrogen-bond donors (Lipinski definition) is 0. The van der Waals surface area contributed by atoms with Crippen LogP contribution in [0.1, 0.15) is 18.3 Å². The van der Waals surface area contributed by atoms with E-state index in [2.05, 4.69) is 32.9 Å². The summed E-state index contributed by atoms with van der Waals surface area (Å²) in [7, 11) is 0. The van der Waals surface area contributed by atoms with Crippen LogP contribution in [0.5, 0.6) is 0 Å². The molecule has 3 aromatic rings. The molecule has 0 saturated carbocycles. The van der Waals surface area contributed by atoms with Gasteiger partial charge in [0.1, 0.15) is 6.04 Å². The van der Waals surface area contributed by atoms with E-state index in [0.29, 0.717) is 38.5 Å². The zero-order valence-electron chi connectivity index (χ0n) is 13.2. The second-order valence-electron chi connectivity index (χ2n) is 5.79. The van der Waals surface area contributed by atoms with Crippen LogP contribution in [0, 0.1) is 0 Å². The second-order valence-corrected chi connectivity index (χ2v) is 5.79. The lowest BCUT2D eigenvalue weighted by molar-refractivity contribution is -0.140. The molecule has 1 amide bonds. The van der Waals surface area contributed by atoms with E-state index >= 15 is 0 Å². The monoisotopic (exact) mass is 326 g/mol. The minimum absolute atomic E-state index is 0.0749. The molecular formula is C17H18N4O3. The number of hydrogen-bond acceptors (Lipinski definition) is 5. The number of para-hydroxylation sites is 1. The van der Waals surface area contributed by atoms with E-state index < -0.39 is 0 Å². The van der Waals surface area contributed by atoms with Crippen LogP contribution in [-0.4, -0.2) is 45.3 Å². The van der Waals surface area contributed by atoms with Gasteiger partial charge >= 0.3 is 0 Å². The van der Waals surface area contributed by atoms with E-state index in [1.54, 1.807) is 4.90 Å². The average Bonchev–Trinajstić information content (AvgIpc) is 3.30. The number of amides is 1. The van der Waals surface area contributed by atoms with Gasteiger partial charge in [-0.1, -0.05) is 23.4 Å². The number of fused-ring (bicyclic) bond motifs is 1. The van der Waals surface area contributed by atoms with Crippen LogP contribution in [0.15, 0.2) is 47.4 Å². The summed E-state index contributed by atoms with van der Waals surface area (Å²) in [5, 5.41) is 5.04. The van der Waals surface area contributed by atoms with Crippen molar-refractivity contribution in [3.8, 4) is 0 Å². The maximum absolute atomic E-state index is 12.7. The molecule has 1 saturated heterocycles. The smallest absolute Gasteiger partial charge is 0.225 e. The highest BCUT2D eigenvalue weighted by Gasteiger charge is 2.31. The van der Waals surface area contributed by atoms with Gasteiger partial charge in [-0.05, 0) is 17.5 Å². The summed E-state index contributed by atoms with van der Waals surface area (Å²) in [6.45, 7) is 2.12. The van der Waals surface area contributed by atoms with Gasteiger partial charge in [0, 0.05) is 31.2 Å². The van der Waals surface area contributed by atoms with Crippen molar-refractivity contribution in [1.29, 1.82) is 0 Å². The molecule has 7 heteroatoms. The maximum atomic E-state index is 12.7. The van der Waals surface area contributed by atoms with E-state index in [4.69, 9.17) is 9.26 Å². The number of aromatic nitrogens is 3. The van der Waals surface area contributed by atoms with E-state index in [-0.39, 0.29) is 11.9 Å². The first kappa shape index (κ1) is 14.9. The zero-order valence-corrected chi connectivity index (χ0v) is 13.2. The number of rotatable bonds is 4. The predicted molar refractivity (Wildman–Crippen MR) is 86.1 cm³/mol. The van der Waals surface area contributed by atoms with Crippen molar-refractivity contribution in [2.24, 2.45) is 0 Å². The lowest BCUT2D eigenvalue weighted by Gasteiger charge is -2.33. The Bertz CT molecular complexity index is 827.